The van der Waals surface area contributed by atoms with Gasteiger partial charge in [0, 0.05) is 16.9 Å². The summed E-state index contributed by atoms with van der Waals surface area (Å²) in [6.07, 6.45) is 1.21. The van der Waals surface area contributed by atoms with Crippen LogP contribution in [0.4, 0.5) is 5.69 Å². The number of aryl methyl sites for hydroxylation is 1. The number of methoxy groups -OCH3 is 1. The van der Waals surface area contributed by atoms with Crippen molar-refractivity contribution in [3.8, 4) is 5.75 Å². The maximum Gasteiger partial charge on any atom is 0.244 e. The van der Waals surface area contributed by atoms with E-state index in [-0.39, 0.29) is 22.7 Å². The minimum absolute atomic E-state index is 0.0768. The predicted octanol–water partition coefficient (Wildman–Crippen LogP) is 4.44. The molecule has 0 aliphatic carbocycles. The second-order valence-corrected chi connectivity index (χ2v) is 10.1. The van der Waals surface area contributed by atoms with Crippen LogP contribution >= 0.6 is 11.6 Å². The van der Waals surface area contributed by atoms with Crippen LogP contribution < -0.4 is 15.5 Å². The van der Waals surface area contributed by atoms with Crippen LogP contribution in [-0.4, -0.2) is 26.0 Å². The van der Waals surface area contributed by atoms with Gasteiger partial charge in [-0.1, -0.05) is 23.7 Å². The summed E-state index contributed by atoms with van der Waals surface area (Å²) >= 11 is 5.89. The maximum absolute atomic E-state index is 13.3. The van der Waals surface area contributed by atoms with Gasteiger partial charge in [0.25, 0.3) is 0 Å². The Balaban J connectivity index is 1.84. The predicted molar refractivity (Wildman–Crippen MR) is 131 cm³/mol. The topological polar surface area (TPSA) is 94.5 Å². The molecule has 0 bridgehead atoms. The number of halogens is 1. The largest absolute Gasteiger partial charge is 0.497 e. The van der Waals surface area contributed by atoms with E-state index in [0.29, 0.717) is 22.0 Å². The Kier molecular flexibility index (Phi) is 6.45. The van der Waals surface area contributed by atoms with Gasteiger partial charge in [-0.2, -0.15) is 0 Å². The molecule has 1 aromatic heterocycles. The van der Waals surface area contributed by atoms with Gasteiger partial charge in [-0.05, 0) is 67.1 Å². The molecule has 4 rings (SSSR count). The number of rotatable bonds is 6. The molecule has 0 radical (unpaired) electrons. The fourth-order valence-electron chi connectivity index (χ4n) is 3.62. The van der Waals surface area contributed by atoms with Crippen molar-refractivity contribution in [2.24, 2.45) is 0 Å². The number of sulfone groups is 1. The number of hydrogen-bond acceptors (Lipinski definition) is 5. The second kappa shape index (κ2) is 9.32. The molecule has 0 unspecified atom stereocenters. The third-order valence-electron chi connectivity index (χ3n) is 5.28. The normalized spacial score (nSPS) is 11.4. The number of fused-ring (bicyclic) bond motifs is 1. The molecule has 0 saturated heterocycles. The zero-order valence-corrected chi connectivity index (χ0v) is 20.0. The van der Waals surface area contributed by atoms with Crippen molar-refractivity contribution in [2.75, 3.05) is 12.4 Å². The van der Waals surface area contributed by atoms with Gasteiger partial charge < -0.3 is 14.6 Å². The molecule has 0 spiro atoms. The van der Waals surface area contributed by atoms with Crippen molar-refractivity contribution in [1.82, 2.24) is 4.57 Å². The van der Waals surface area contributed by atoms with E-state index in [1.807, 2.05) is 25.1 Å². The standard InChI is InChI=1S/C25H21ClN2O5S/c1-16-4-3-5-18(12-16)27-24(29)15-28-14-23(34(31,32)20-9-6-17(26)7-10-20)25(30)21-13-19(33-2)8-11-22(21)28/h3-14H,15H2,1-2H3,(H,27,29). The van der Waals surface area contributed by atoms with Crippen molar-refractivity contribution in [2.45, 2.75) is 23.3 Å². The van der Waals surface area contributed by atoms with Crippen molar-refractivity contribution < 1.29 is 17.9 Å². The molecule has 0 saturated carbocycles. The summed E-state index contributed by atoms with van der Waals surface area (Å²) in [5.74, 6) is 0.0163. The molecule has 0 atom stereocenters. The van der Waals surface area contributed by atoms with Crippen LogP contribution in [0, 0.1) is 6.92 Å². The van der Waals surface area contributed by atoms with Crippen LogP contribution in [0.2, 0.25) is 5.02 Å². The zero-order chi connectivity index (χ0) is 24.5. The number of benzene rings is 3. The molecule has 4 aromatic rings. The minimum Gasteiger partial charge on any atom is -0.497 e. The van der Waals surface area contributed by atoms with Gasteiger partial charge in [-0.3, -0.25) is 9.59 Å². The Morgan fingerprint density at radius 3 is 2.47 bits per heavy atom. The van der Waals surface area contributed by atoms with E-state index in [1.165, 1.54) is 48.2 Å². The highest BCUT2D eigenvalue weighted by atomic mass is 35.5. The molecule has 1 N–H and O–H groups in total. The van der Waals surface area contributed by atoms with E-state index in [4.69, 9.17) is 16.3 Å². The first-order valence-electron chi connectivity index (χ1n) is 10.3. The first kappa shape index (κ1) is 23.5. The lowest BCUT2D eigenvalue weighted by molar-refractivity contribution is -0.116. The maximum atomic E-state index is 13.3. The number of anilines is 1. The van der Waals surface area contributed by atoms with E-state index in [1.54, 1.807) is 18.2 Å². The number of aromatic nitrogens is 1. The third kappa shape index (κ3) is 4.69. The summed E-state index contributed by atoms with van der Waals surface area (Å²) in [6.45, 7) is 1.70. The SMILES string of the molecule is COc1ccc2c(c1)c(=O)c(S(=O)(=O)c1ccc(Cl)cc1)cn2CC(=O)Nc1cccc(C)c1. The summed E-state index contributed by atoms with van der Waals surface area (Å²) in [5.41, 5.74) is 1.32. The quantitative estimate of drug-likeness (QED) is 0.426. The molecule has 34 heavy (non-hydrogen) atoms. The van der Waals surface area contributed by atoms with Crippen LogP contribution in [-0.2, 0) is 21.2 Å². The van der Waals surface area contributed by atoms with E-state index < -0.39 is 20.2 Å². The molecular weight excluding hydrogens is 476 g/mol. The van der Waals surface area contributed by atoms with E-state index >= 15 is 0 Å². The average molecular weight is 497 g/mol. The van der Waals surface area contributed by atoms with Crippen molar-refractivity contribution in [3.05, 3.63) is 93.7 Å². The molecule has 174 valence electrons. The first-order chi connectivity index (χ1) is 16.2. The molecule has 1 heterocycles. The molecular formula is C25H21ClN2O5S. The molecule has 0 aliphatic rings. The van der Waals surface area contributed by atoms with Gasteiger partial charge in [0.05, 0.1) is 22.9 Å². The number of ether oxygens (including phenoxy) is 1. The van der Waals surface area contributed by atoms with Crippen LogP contribution in [0.3, 0.4) is 0 Å². The van der Waals surface area contributed by atoms with Gasteiger partial charge in [0.15, 0.2) is 0 Å². The highest BCUT2D eigenvalue weighted by Crippen LogP contribution is 2.25. The van der Waals surface area contributed by atoms with E-state index in [9.17, 15) is 18.0 Å². The zero-order valence-electron chi connectivity index (χ0n) is 18.4. The number of carbonyl (C=O) groups is 1. The fraction of sp³-hybridized carbons (Fsp3) is 0.120. The molecule has 3 aromatic carbocycles. The number of nitrogens with zero attached hydrogens (tertiary/aromatic N) is 1. The van der Waals surface area contributed by atoms with Crippen molar-refractivity contribution in [3.63, 3.8) is 0 Å². The molecule has 0 fully saturated rings. The minimum atomic E-state index is -4.18. The van der Waals surface area contributed by atoms with Gasteiger partial charge in [0.2, 0.25) is 21.2 Å². The summed E-state index contributed by atoms with van der Waals surface area (Å²) in [5, 5.41) is 3.29. The third-order valence-corrected chi connectivity index (χ3v) is 7.30. The second-order valence-electron chi connectivity index (χ2n) is 7.71. The number of carbonyl (C=O) groups excluding carboxylic acids is 1. The van der Waals surface area contributed by atoms with Gasteiger partial charge in [-0.15, -0.1) is 0 Å². The van der Waals surface area contributed by atoms with Gasteiger partial charge in [-0.25, -0.2) is 8.42 Å². The lowest BCUT2D eigenvalue weighted by Crippen LogP contribution is -2.24. The number of amides is 1. The molecule has 7 nitrogen and oxygen atoms in total. The highest BCUT2D eigenvalue weighted by molar-refractivity contribution is 7.91. The van der Waals surface area contributed by atoms with Crippen molar-refractivity contribution >= 4 is 43.9 Å². The summed E-state index contributed by atoms with van der Waals surface area (Å²) < 4.78 is 33.4. The number of pyridine rings is 1. The smallest absolute Gasteiger partial charge is 0.244 e. The van der Waals surface area contributed by atoms with Crippen LogP contribution in [0.5, 0.6) is 5.75 Å². The lowest BCUT2D eigenvalue weighted by atomic mass is 10.2. The number of hydrogen-bond donors (Lipinski definition) is 1. The molecule has 0 aliphatic heterocycles. The lowest BCUT2D eigenvalue weighted by Gasteiger charge is -2.15. The highest BCUT2D eigenvalue weighted by Gasteiger charge is 2.24. The molecule has 9 heteroatoms. The van der Waals surface area contributed by atoms with Crippen LogP contribution in [0.15, 0.2) is 87.5 Å². The van der Waals surface area contributed by atoms with Gasteiger partial charge in [0.1, 0.15) is 17.2 Å². The Bertz CT molecular complexity index is 1560. The summed E-state index contributed by atoms with van der Waals surface area (Å²) in [6, 6.07) is 17.6. The summed E-state index contributed by atoms with van der Waals surface area (Å²) in [7, 11) is -2.74. The number of nitrogens with one attached hydrogen (secondary N) is 1. The average Bonchev–Trinajstić information content (AvgIpc) is 2.80. The Labute approximate surface area is 201 Å². The van der Waals surface area contributed by atoms with E-state index in [0.717, 1.165) is 5.56 Å². The summed E-state index contributed by atoms with van der Waals surface area (Å²) in [4.78, 5) is 25.6. The van der Waals surface area contributed by atoms with E-state index in [2.05, 4.69) is 5.32 Å². The molecule has 1 amide bonds. The Morgan fingerprint density at radius 1 is 1.06 bits per heavy atom. The monoisotopic (exact) mass is 496 g/mol. The van der Waals surface area contributed by atoms with Crippen LogP contribution in [0.1, 0.15) is 5.56 Å². The fourth-order valence-corrected chi connectivity index (χ4v) is 5.11. The Morgan fingerprint density at radius 2 is 1.79 bits per heavy atom. The Hall–Kier alpha value is -3.62. The first-order valence-corrected chi connectivity index (χ1v) is 12.1. The van der Waals surface area contributed by atoms with Gasteiger partial charge >= 0.3 is 0 Å². The van der Waals surface area contributed by atoms with Crippen molar-refractivity contribution in [1.29, 1.82) is 0 Å². The van der Waals surface area contributed by atoms with Crippen LogP contribution in [0.25, 0.3) is 10.9 Å².